The van der Waals surface area contributed by atoms with Gasteiger partial charge < -0.3 is 34.2 Å². The molecule has 4 N–H and O–H groups in total. The Morgan fingerprint density at radius 2 is 0.617 bits per heavy atom. The molecule has 0 aliphatic heterocycles. The second-order valence-electron chi connectivity index (χ2n) is 21.6. The number of rotatable bonds is 61. The van der Waals surface area contributed by atoms with Gasteiger partial charge in [0.25, 0.3) is 0 Å². The van der Waals surface area contributed by atoms with Crippen LogP contribution < -0.4 is 0 Å². The predicted molar refractivity (Wildman–Crippen MR) is 326 cm³/mol. The largest absolute Gasteiger partial charge is 0.472 e. The molecule has 0 saturated heterocycles. The number of unbranched alkanes of at least 4 members (excludes halogenated alkanes) is 30. The number of phosphoric acid groups is 2. The molecule has 0 saturated carbocycles. The SMILES string of the molecule is CCCCC/C=C\C/C=C\C/C=C\CCCCCCCCC(=O)OCC(O)COP(=O)(O)OCC(O)COP(=O)(O)OCC(COC(=O)CCCCCCC/C=C\CCCCCC)OC(=O)CCCCCCCCCCCCCCC. The molecule has 16 nitrogen and oxygen atoms in total. The number of aliphatic hydroxyl groups is 2. The lowest BCUT2D eigenvalue weighted by atomic mass is 10.0. The van der Waals surface area contributed by atoms with Crippen LogP contribution in [0.3, 0.4) is 0 Å². The van der Waals surface area contributed by atoms with Crippen LogP contribution in [0.5, 0.6) is 0 Å². The number of ether oxygens (including phenoxy) is 3. The summed E-state index contributed by atoms with van der Waals surface area (Å²) in [5.41, 5.74) is 0. The van der Waals surface area contributed by atoms with Gasteiger partial charge in [-0.15, -0.1) is 0 Å². The van der Waals surface area contributed by atoms with Crippen molar-refractivity contribution >= 4 is 33.6 Å². The second-order valence-corrected chi connectivity index (χ2v) is 24.5. The number of esters is 3. The van der Waals surface area contributed by atoms with Gasteiger partial charge in [0.05, 0.1) is 26.4 Å². The monoisotopic (exact) mass is 1190 g/mol. The molecule has 0 aliphatic carbocycles. The molecule has 0 radical (unpaired) electrons. The Morgan fingerprint density at radius 3 is 1.02 bits per heavy atom. The Bertz CT molecular complexity index is 1690. The van der Waals surface area contributed by atoms with E-state index in [1.807, 2.05) is 0 Å². The van der Waals surface area contributed by atoms with Gasteiger partial charge in [-0.2, -0.15) is 0 Å². The van der Waals surface area contributed by atoms with Crippen LogP contribution in [0.1, 0.15) is 278 Å². The quantitative estimate of drug-likeness (QED) is 0.0146. The first kappa shape index (κ1) is 78.5. The molecule has 81 heavy (non-hydrogen) atoms. The van der Waals surface area contributed by atoms with E-state index in [0.29, 0.717) is 19.3 Å². The topological polar surface area (TPSA) is 231 Å². The van der Waals surface area contributed by atoms with E-state index >= 15 is 0 Å². The normalized spacial score (nSPS) is 14.7. The smallest absolute Gasteiger partial charge is 0.463 e. The number of phosphoric ester groups is 2. The second kappa shape index (κ2) is 57.9. The Morgan fingerprint density at radius 1 is 0.346 bits per heavy atom. The van der Waals surface area contributed by atoms with Gasteiger partial charge in [-0.05, 0) is 83.5 Å². The fourth-order valence-corrected chi connectivity index (χ4v) is 10.2. The molecule has 0 amide bonds. The third-order valence-electron chi connectivity index (χ3n) is 13.5. The summed E-state index contributed by atoms with van der Waals surface area (Å²) in [6.07, 6.45) is 54.5. The van der Waals surface area contributed by atoms with Gasteiger partial charge in [0.15, 0.2) is 6.10 Å². The summed E-state index contributed by atoms with van der Waals surface area (Å²) in [5.74, 6) is -1.58. The number of hydrogen-bond donors (Lipinski definition) is 4. The van der Waals surface area contributed by atoms with Crippen LogP contribution in [0.2, 0.25) is 0 Å². The molecule has 0 rings (SSSR count). The van der Waals surface area contributed by atoms with Crippen molar-refractivity contribution in [2.24, 2.45) is 0 Å². The minimum Gasteiger partial charge on any atom is -0.463 e. The van der Waals surface area contributed by atoms with Crippen LogP contribution in [0.25, 0.3) is 0 Å². The zero-order valence-electron chi connectivity index (χ0n) is 51.0. The van der Waals surface area contributed by atoms with Crippen molar-refractivity contribution in [2.45, 2.75) is 296 Å². The first-order chi connectivity index (χ1) is 39.2. The predicted octanol–water partition coefficient (Wildman–Crippen LogP) is 16.9. The van der Waals surface area contributed by atoms with E-state index in [1.54, 1.807) is 0 Å². The molecular formula is C63H116O16P2. The Labute approximate surface area is 491 Å². The minimum absolute atomic E-state index is 0.109. The van der Waals surface area contributed by atoms with E-state index in [2.05, 4.69) is 69.4 Å². The lowest BCUT2D eigenvalue weighted by molar-refractivity contribution is -0.161. The molecule has 474 valence electrons. The molecule has 18 heteroatoms. The fraction of sp³-hybridized carbons (Fsp3) is 0.825. The van der Waals surface area contributed by atoms with E-state index in [0.717, 1.165) is 116 Å². The summed E-state index contributed by atoms with van der Waals surface area (Å²) in [7, 11) is -9.75. The van der Waals surface area contributed by atoms with Crippen LogP contribution in [-0.4, -0.2) is 95.9 Å². The number of allylic oxidation sites excluding steroid dienone is 8. The van der Waals surface area contributed by atoms with Gasteiger partial charge in [0, 0.05) is 19.3 Å². The standard InChI is InChI=1S/C63H116O16P2/c1-4-7-10-13-16-19-22-25-26-27-28-29-30-33-35-37-40-43-46-49-61(66)73-52-58(64)53-75-80(69,70)76-54-59(65)55-77-81(71,72)78-57-60(79-63(68)51-48-45-42-39-36-32-24-21-18-15-12-9-6-3)56-74-62(67)50-47-44-41-38-34-31-23-20-17-14-11-8-5-2/h16,19-20,23,25-26,28-29,58-60,64-65H,4-15,17-18,21-22,24,27,30-57H2,1-3H3,(H,69,70)(H,71,72)/b19-16-,23-20-,26-25-,29-28-. The fourth-order valence-electron chi connectivity index (χ4n) is 8.57. The highest BCUT2D eigenvalue weighted by Gasteiger charge is 2.29. The number of aliphatic hydroxyl groups excluding tert-OH is 2. The zero-order chi connectivity index (χ0) is 59.6. The van der Waals surface area contributed by atoms with Crippen molar-refractivity contribution in [2.75, 3.05) is 39.6 Å². The molecule has 5 unspecified atom stereocenters. The number of carbonyl (C=O) groups excluding carboxylic acids is 3. The van der Waals surface area contributed by atoms with Crippen LogP contribution >= 0.6 is 15.6 Å². The van der Waals surface area contributed by atoms with Crippen molar-refractivity contribution in [1.29, 1.82) is 0 Å². The van der Waals surface area contributed by atoms with Crippen LogP contribution in [0.4, 0.5) is 0 Å². The van der Waals surface area contributed by atoms with E-state index in [-0.39, 0.29) is 19.3 Å². The molecule has 0 heterocycles. The molecule has 0 aromatic heterocycles. The molecule has 0 bridgehead atoms. The highest BCUT2D eigenvalue weighted by Crippen LogP contribution is 2.45. The van der Waals surface area contributed by atoms with Crippen molar-refractivity contribution < 1.29 is 75.8 Å². The molecule has 0 aromatic rings. The average molecular weight is 1190 g/mol. The molecule has 0 aliphatic rings. The van der Waals surface area contributed by atoms with Gasteiger partial charge >= 0.3 is 33.6 Å². The average Bonchev–Trinajstić information content (AvgIpc) is 3.45. The molecule has 0 spiro atoms. The lowest BCUT2D eigenvalue weighted by Crippen LogP contribution is -2.30. The maximum absolute atomic E-state index is 12.9. The first-order valence-electron chi connectivity index (χ1n) is 31.9. The third kappa shape index (κ3) is 59.1. The summed E-state index contributed by atoms with van der Waals surface area (Å²) in [6, 6.07) is 0. The summed E-state index contributed by atoms with van der Waals surface area (Å²) < 4.78 is 60.7. The third-order valence-corrected chi connectivity index (χ3v) is 15.4. The Kier molecular flexibility index (Phi) is 56.1. The molecule has 0 fully saturated rings. The number of hydrogen-bond acceptors (Lipinski definition) is 14. The van der Waals surface area contributed by atoms with E-state index in [4.69, 9.17) is 32.3 Å². The number of carbonyl (C=O) groups is 3. The van der Waals surface area contributed by atoms with E-state index in [9.17, 15) is 43.5 Å². The summed E-state index contributed by atoms with van der Waals surface area (Å²) in [6.45, 7) is 2.61. The maximum Gasteiger partial charge on any atom is 0.472 e. The lowest BCUT2D eigenvalue weighted by Gasteiger charge is -2.21. The van der Waals surface area contributed by atoms with Crippen molar-refractivity contribution in [1.82, 2.24) is 0 Å². The van der Waals surface area contributed by atoms with Gasteiger partial charge in [-0.25, -0.2) is 9.13 Å². The Balaban J connectivity index is 4.61. The Hall–Kier alpha value is -2.49. The summed E-state index contributed by atoms with van der Waals surface area (Å²) in [5, 5.41) is 20.5. The van der Waals surface area contributed by atoms with Gasteiger partial charge in [0.2, 0.25) is 0 Å². The van der Waals surface area contributed by atoms with Crippen LogP contribution in [0, 0.1) is 0 Å². The first-order valence-corrected chi connectivity index (χ1v) is 34.9. The zero-order valence-corrected chi connectivity index (χ0v) is 52.7. The van der Waals surface area contributed by atoms with Gasteiger partial charge in [-0.3, -0.25) is 32.5 Å². The highest BCUT2D eigenvalue weighted by atomic mass is 31.2. The van der Waals surface area contributed by atoms with E-state index < -0.39 is 91.5 Å². The molecule has 0 aromatic carbocycles. The molecule has 5 atom stereocenters. The minimum atomic E-state index is -4.91. The summed E-state index contributed by atoms with van der Waals surface area (Å²) in [4.78, 5) is 58.1. The molecular weight excluding hydrogens is 1070 g/mol. The van der Waals surface area contributed by atoms with Gasteiger partial charge in [0.1, 0.15) is 25.4 Å². The maximum atomic E-state index is 12.9. The van der Waals surface area contributed by atoms with Gasteiger partial charge in [-0.1, -0.05) is 223 Å². The van der Waals surface area contributed by atoms with Crippen LogP contribution in [-0.2, 0) is 55.8 Å². The van der Waals surface area contributed by atoms with Crippen LogP contribution in [0.15, 0.2) is 48.6 Å². The van der Waals surface area contributed by atoms with Crippen molar-refractivity contribution in [3.05, 3.63) is 48.6 Å². The van der Waals surface area contributed by atoms with Crippen molar-refractivity contribution in [3.63, 3.8) is 0 Å². The highest BCUT2D eigenvalue weighted by molar-refractivity contribution is 7.47. The van der Waals surface area contributed by atoms with Crippen molar-refractivity contribution in [3.8, 4) is 0 Å². The van der Waals surface area contributed by atoms with E-state index in [1.165, 1.54) is 103 Å². The summed E-state index contributed by atoms with van der Waals surface area (Å²) >= 11 is 0.